The van der Waals surface area contributed by atoms with Crippen molar-refractivity contribution in [2.45, 2.75) is 25.4 Å². The lowest BCUT2D eigenvalue weighted by Crippen LogP contribution is -2.47. The third kappa shape index (κ3) is 4.49. The van der Waals surface area contributed by atoms with Crippen LogP contribution in [0.15, 0.2) is 42.7 Å². The van der Waals surface area contributed by atoms with E-state index in [1.165, 1.54) is 6.20 Å². The van der Waals surface area contributed by atoms with Gasteiger partial charge in [-0.15, -0.1) is 0 Å². The van der Waals surface area contributed by atoms with Gasteiger partial charge >= 0.3 is 0 Å². The number of pyridine rings is 1. The molecule has 2 amide bonds. The first-order valence-electron chi connectivity index (χ1n) is 9.62. The van der Waals surface area contributed by atoms with Gasteiger partial charge in [0.15, 0.2) is 0 Å². The van der Waals surface area contributed by atoms with E-state index >= 15 is 0 Å². The largest absolute Gasteiger partial charge is 0.487 e. The van der Waals surface area contributed by atoms with Crippen molar-refractivity contribution in [3.05, 3.63) is 52.8 Å². The first-order chi connectivity index (χ1) is 14.0. The molecule has 6 nitrogen and oxygen atoms in total. The van der Waals surface area contributed by atoms with Crippen LogP contribution in [-0.2, 0) is 9.59 Å². The number of benzene rings is 1. The highest BCUT2D eigenvalue weighted by Crippen LogP contribution is 2.29. The molecular formula is C21H21Cl2N3O3. The van der Waals surface area contributed by atoms with Gasteiger partial charge in [0.2, 0.25) is 11.8 Å². The zero-order chi connectivity index (χ0) is 20.4. The number of likely N-dealkylation sites (tertiary alicyclic amines) is 1. The smallest absolute Gasteiger partial charge is 0.228 e. The van der Waals surface area contributed by atoms with Crippen molar-refractivity contribution in [2.75, 3.05) is 24.5 Å². The number of hydrogen-bond acceptors (Lipinski definition) is 4. The Kier molecular flexibility index (Phi) is 5.92. The van der Waals surface area contributed by atoms with Gasteiger partial charge < -0.3 is 14.5 Å². The van der Waals surface area contributed by atoms with Crippen molar-refractivity contribution in [3.63, 3.8) is 0 Å². The molecule has 0 bridgehead atoms. The summed E-state index contributed by atoms with van der Waals surface area (Å²) >= 11 is 12.1. The number of rotatable bonds is 4. The number of piperidine rings is 1. The first kappa shape index (κ1) is 20.0. The summed E-state index contributed by atoms with van der Waals surface area (Å²) < 4.78 is 6.00. The summed E-state index contributed by atoms with van der Waals surface area (Å²) in [6.07, 6.45) is 4.96. The molecule has 8 heteroatoms. The standard InChI is InChI=1S/C21H21Cl2N3O3/c22-15-3-5-16(6-4-15)26-12-14(10-20(26)27)21(28)25-9-1-2-17(13-25)29-19-7-8-24-11-18(19)23/h3-8,11,14,17H,1-2,9-10,12-13H2. The molecule has 2 fully saturated rings. The van der Waals surface area contributed by atoms with E-state index in [0.29, 0.717) is 35.4 Å². The Morgan fingerprint density at radius 1 is 1.14 bits per heavy atom. The highest BCUT2D eigenvalue weighted by Gasteiger charge is 2.38. The van der Waals surface area contributed by atoms with Crippen molar-refractivity contribution < 1.29 is 14.3 Å². The highest BCUT2D eigenvalue weighted by atomic mass is 35.5. The number of aromatic nitrogens is 1. The maximum Gasteiger partial charge on any atom is 0.228 e. The summed E-state index contributed by atoms with van der Waals surface area (Å²) in [5.41, 5.74) is 0.766. The van der Waals surface area contributed by atoms with Crippen LogP contribution < -0.4 is 9.64 Å². The highest BCUT2D eigenvalue weighted by molar-refractivity contribution is 6.31. The summed E-state index contributed by atoms with van der Waals surface area (Å²) in [7, 11) is 0. The molecule has 0 aliphatic carbocycles. The minimum atomic E-state index is -0.346. The lowest BCUT2D eigenvalue weighted by atomic mass is 10.0. The van der Waals surface area contributed by atoms with Crippen molar-refractivity contribution in [1.82, 2.24) is 9.88 Å². The van der Waals surface area contributed by atoms with Crippen LogP contribution in [0.4, 0.5) is 5.69 Å². The second-order valence-electron chi connectivity index (χ2n) is 7.35. The van der Waals surface area contributed by atoms with Gasteiger partial charge in [0.05, 0.1) is 12.5 Å². The molecule has 152 valence electrons. The van der Waals surface area contributed by atoms with Gasteiger partial charge in [-0.1, -0.05) is 23.2 Å². The number of carbonyl (C=O) groups excluding carboxylic acids is 2. The fourth-order valence-corrected chi connectivity index (χ4v) is 4.16. The zero-order valence-corrected chi connectivity index (χ0v) is 17.3. The van der Waals surface area contributed by atoms with E-state index in [2.05, 4.69) is 4.98 Å². The topological polar surface area (TPSA) is 62.7 Å². The Morgan fingerprint density at radius 2 is 1.93 bits per heavy atom. The summed E-state index contributed by atoms with van der Waals surface area (Å²) in [6, 6.07) is 8.82. The fraction of sp³-hybridized carbons (Fsp3) is 0.381. The van der Waals surface area contributed by atoms with Crippen molar-refractivity contribution in [1.29, 1.82) is 0 Å². The molecule has 29 heavy (non-hydrogen) atoms. The average Bonchev–Trinajstić information content (AvgIpc) is 3.11. The minimum Gasteiger partial charge on any atom is -0.487 e. The summed E-state index contributed by atoms with van der Waals surface area (Å²) in [6.45, 7) is 1.55. The zero-order valence-electron chi connectivity index (χ0n) is 15.8. The summed E-state index contributed by atoms with van der Waals surface area (Å²) in [4.78, 5) is 33.0. The van der Waals surface area contributed by atoms with Crippen LogP contribution in [-0.4, -0.2) is 47.4 Å². The van der Waals surface area contributed by atoms with Crippen LogP contribution >= 0.6 is 23.2 Å². The maximum absolute atomic E-state index is 13.1. The number of ether oxygens (including phenoxy) is 1. The van der Waals surface area contributed by atoms with E-state index in [1.54, 1.807) is 41.4 Å². The van der Waals surface area contributed by atoms with Gasteiger partial charge in [-0.3, -0.25) is 14.6 Å². The Hall–Kier alpha value is -2.31. The van der Waals surface area contributed by atoms with E-state index in [0.717, 1.165) is 18.5 Å². The van der Waals surface area contributed by atoms with E-state index in [1.807, 2.05) is 4.90 Å². The molecule has 1 aromatic carbocycles. The third-order valence-electron chi connectivity index (χ3n) is 5.33. The van der Waals surface area contributed by atoms with Crippen molar-refractivity contribution >= 4 is 40.7 Å². The van der Waals surface area contributed by atoms with Crippen LogP contribution in [0.2, 0.25) is 10.0 Å². The van der Waals surface area contributed by atoms with Crippen LogP contribution in [0.5, 0.6) is 5.75 Å². The van der Waals surface area contributed by atoms with E-state index < -0.39 is 0 Å². The van der Waals surface area contributed by atoms with Crippen molar-refractivity contribution in [3.8, 4) is 5.75 Å². The van der Waals surface area contributed by atoms with Crippen molar-refractivity contribution in [2.24, 2.45) is 5.92 Å². The Morgan fingerprint density at radius 3 is 2.69 bits per heavy atom. The SMILES string of the molecule is O=C(C1CC(=O)N(c2ccc(Cl)cc2)C1)N1CCCC(Oc2ccncc2Cl)C1. The second kappa shape index (κ2) is 8.59. The molecule has 2 aromatic rings. The number of amides is 2. The molecular weight excluding hydrogens is 413 g/mol. The van der Waals surface area contributed by atoms with E-state index in [4.69, 9.17) is 27.9 Å². The minimum absolute atomic E-state index is 0.00365. The maximum atomic E-state index is 13.1. The lowest BCUT2D eigenvalue weighted by Gasteiger charge is -2.34. The molecule has 2 saturated heterocycles. The van der Waals surface area contributed by atoms with E-state index in [-0.39, 0.29) is 30.3 Å². The molecule has 0 saturated carbocycles. The molecule has 0 radical (unpaired) electrons. The van der Waals surface area contributed by atoms with Gasteiger partial charge in [-0.2, -0.15) is 0 Å². The number of hydrogen-bond donors (Lipinski definition) is 0. The average molecular weight is 434 g/mol. The molecule has 1 aromatic heterocycles. The molecule has 2 aliphatic rings. The monoisotopic (exact) mass is 433 g/mol. The quantitative estimate of drug-likeness (QED) is 0.735. The number of halogens is 2. The van der Waals surface area contributed by atoms with Crippen LogP contribution in [0.25, 0.3) is 0 Å². The second-order valence-corrected chi connectivity index (χ2v) is 8.20. The Balaban J connectivity index is 1.39. The van der Waals surface area contributed by atoms with Gasteiger partial charge in [-0.05, 0) is 37.1 Å². The third-order valence-corrected chi connectivity index (χ3v) is 5.87. The lowest BCUT2D eigenvalue weighted by molar-refractivity contribution is -0.138. The Labute approximate surface area is 179 Å². The van der Waals surface area contributed by atoms with Gasteiger partial charge in [0.1, 0.15) is 16.9 Å². The molecule has 2 unspecified atom stereocenters. The Bertz CT molecular complexity index is 906. The molecule has 3 heterocycles. The van der Waals surface area contributed by atoms with Crippen LogP contribution in [0.3, 0.4) is 0 Å². The predicted molar refractivity (Wildman–Crippen MR) is 111 cm³/mol. The number of nitrogens with zero attached hydrogens (tertiary/aromatic N) is 3. The summed E-state index contributed by atoms with van der Waals surface area (Å²) in [5.74, 6) is 0.190. The van der Waals surface area contributed by atoms with Gasteiger partial charge in [-0.25, -0.2) is 0 Å². The number of carbonyl (C=O) groups is 2. The van der Waals surface area contributed by atoms with Crippen LogP contribution in [0.1, 0.15) is 19.3 Å². The fourth-order valence-electron chi connectivity index (χ4n) is 3.87. The molecule has 4 rings (SSSR count). The first-order valence-corrected chi connectivity index (χ1v) is 10.4. The van der Waals surface area contributed by atoms with Gasteiger partial charge in [0.25, 0.3) is 0 Å². The van der Waals surface area contributed by atoms with Crippen LogP contribution in [0, 0.1) is 5.92 Å². The normalized spacial score (nSPS) is 22.1. The molecule has 0 spiro atoms. The predicted octanol–water partition coefficient (Wildman–Crippen LogP) is 3.81. The summed E-state index contributed by atoms with van der Waals surface area (Å²) in [5, 5.41) is 1.07. The number of anilines is 1. The van der Waals surface area contributed by atoms with E-state index in [9.17, 15) is 9.59 Å². The molecule has 2 atom stereocenters. The molecule has 2 aliphatic heterocycles. The van der Waals surface area contributed by atoms with Gasteiger partial charge in [0, 0.05) is 48.7 Å². The molecule has 0 N–H and O–H groups in total.